The maximum absolute atomic E-state index is 13.6. The SMILES string of the molecule is COC12CC3CC(C1)CC(n1c(=O)n(C)c4cnc(Nc5cn6ncnc6cc5Cl)nc41)(C3)C2. The molecule has 176 valence electrons. The van der Waals surface area contributed by atoms with Crippen molar-refractivity contribution >= 4 is 40.0 Å². The minimum absolute atomic E-state index is 0.0447. The lowest BCUT2D eigenvalue weighted by Crippen LogP contribution is -2.62. The Balaban J connectivity index is 1.36. The second-order valence-corrected chi connectivity index (χ2v) is 10.8. The molecule has 0 amide bonds. The first kappa shape index (κ1) is 20.4. The Bertz CT molecular complexity index is 1510. The molecule has 10 nitrogen and oxygen atoms in total. The molecule has 1 N–H and O–H groups in total. The Kier molecular flexibility index (Phi) is 4.07. The van der Waals surface area contributed by atoms with Crippen molar-refractivity contribution in [1.29, 1.82) is 0 Å². The van der Waals surface area contributed by atoms with E-state index in [-0.39, 0.29) is 16.8 Å². The fourth-order valence-electron chi connectivity index (χ4n) is 7.28. The Morgan fingerprint density at radius 1 is 1.21 bits per heavy atom. The second kappa shape index (κ2) is 6.79. The second-order valence-electron chi connectivity index (χ2n) is 10.4. The van der Waals surface area contributed by atoms with Crippen molar-refractivity contribution in [3.63, 3.8) is 0 Å². The smallest absolute Gasteiger partial charge is 0.330 e. The van der Waals surface area contributed by atoms with E-state index in [1.807, 2.05) is 11.7 Å². The summed E-state index contributed by atoms with van der Waals surface area (Å²) in [4.78, 5) is 27.1. The highest BCUT2D eigenvalue weighted by molar-refractivity contribution is 6.33. The maximum Gasteiger partial charge on any atom is 0.330 e. The first-order valence-corrected chi connectivity index (χ1v) is 12.0. The van der Waals surface area contributed by atoms with Gasteiger partial charge in [0.1, 0.15) is 11.8 Å². The number of halogens is 1. The predicted molar refractivity (Wildman–Crippen MR) is 126 cm³/mol. The highest BCUT2D eigenvalue weighted by Gasteiger charge is 2.59. The van der Waals surface area contributed by atoms with Gasteiger partial charge in [0.15, 0.2) is 11.3 Å². The molecule has 4 heterocycles. The summed E-state index contributed by atoms with van der Waals surface area (Å²) >= 11 is 6.46. The van der Waals surface area contributed by atoms with E-state index < -0.39 is 0 Å². The molecule has 4 aliphatic rings. The topological polar surface area (TPSA) is 104 Å². The molecule has 0 aromatic carbocycles. The Hall–Kier alpha value is -2.98. The quantitative estimate of drug-likeness (QED) is 0.478. The number of rotatable bonds is 4. The normalized spacial score (nSPS) is 30.0. The highest BCUT2D eigenvalue weighted by atomic mass is 35.5. The summed E-state index contributed by atoms with van der Waals surface area (Å²) in [6.45, 7) is 0. The van der Waals surface area contributed by atoms with Gasteiger partial charge in [-0.1, -0.05) is 11.6 Å². The van der Waals surface area contributed by atoms with E-state index in [0.717, 1.165) is 37.6 Å². The standard InChI is InChI=1S/C23H25ClN8O2/c1-30-17-9-25-20(28-16-10-31-18(4-15(16)24)26-12-27-31)29-19(17)32(21(30)33)22-5-13-3-14(6-22)8-23(7-13,11-22)34-2/h4,9-10,12-14H,3,5-8,11H2,1-2H3,(H,25,28,29). The number of nitrogens with one attached hydrogen (secondary N) is 1. The number of aromatic nitrogens is 7. The van der Waals surface area contributed by atoms with Gasteiger partial charge in [-0.05, 0) is 43.9 Å². The van der Waals surface area contributed by atoms with Gasteiger partial charge in [0.05, 0.1) is 34.2 Å². The van der Waals surface area contributed by atoms with Gasteiger partial charge < -0.3 is 10.1 Å². The zero-order valence-corrected chi connectivity index (χ0v) is 19.8. The first-order chi connectivity index (χ1) is 16.4. The Morgan fingerprint density at radius 3 is 2.76 bits per heavy atom. The molecule has 0 saturated heterocycles. The molecular weight excluding hydrogens is 456 g/mol. The van der Waals surface area contributed by atoms with Gasteiger partial charge in [0.2, 0.25) is 5.95 Å². The summed E-state index contributed by atoms with van der Waals surface area (Å²) in [5, 5.41) is 7.85. The minimum atomic E-state index is -0.278. The van der Waals surface area contributed by atoms with Gasteiger partial charge in [0, 0.05) is 26.6 Å². The monoisotopic (exact) mass is 480 g/mol. The summed E-state index contributed by atoms with van der Waals surface area (Å²) in [6, 6.07) is 1.73. The molecule has 11 heteroatoms. The lowest BCUT2D eigenvalue weighted by molar-refractivity contribution is -0.173. The molecule has 34 heavy (non-hydrogen) atoms. The van der Waals surface area contributed by atoms with E-state index >= 15 is 0 Å². The molecule has 4 saturated carbocycles. The van der Waals surface area contributed by atoms with E-state index in [1.165, 1.54) is 12.7 Å². The Labute approximate surface area is 199 Å². The van der Waals surface area contributed by atoms with Gasteiger partial charge in [-0.25, -0.2) is 19.3 Å². The van der Waals surface area contributed by atoms with E-state index in [0.29, 0.717) is 39.8 Å². The third kappa shape index (κ3) is 2.75. The van der Waals surface area contributed by atoms with Gasteiger partial charge in [-0.15, -0.1) is 0 Å². The number of fused-ring (bicyclic) bond motifs is 2. The molecule has 8 rings (SSSR count). The molecular formula is C23H25ClN8O2. The Morgan fingerprint density at radius 2 is 2.00 bits per heavy atom. The zero-order chi connectivity index (χ0) is 23.2. The lowest BCUT2D eigenvalue weighted by Gasteiger charge is -2.61. The predicted octanol–water partition coefficient (Wildman–Crippen LogP) is 3.26. The van der Waals surface area contributed by atoms with Crippen molar-refractivity contribution in [1.82, 2.24) is 33.7 Å². The van der Waals surface area contributed by atoms with Crippen LogP contribution in [0.1, 0.15) is 38.5 Å². The van der Waals surface area contributed by atoms with E-state index in [1.54, 1.807) is 34.6 Å². The number of aryl methyl sites for hydroxylation is 1. The maximum atomic E-state index is 13.6. The molecule has 2 unspecified atom stereocenters. The van der Waals surface area contributed by atoms with Gasteiger partial charge in [-0.3, -0.25) is 9.13 Å². The number of imidazole rings is 1. The van der Waals surface area contributed by atoms with E-state index in [9.17, 15) is 4.79 Å². The zero-order valence-electron chi connectivity index (χ0n) is 19.0. The van der Waals surface area contributed by atoms with E-state index in [2.05, 4.69) is 20.4 Å². The van der Waals surface area contributed by atoms with Gasteiger partial charge in [-0.2, -0.15) is 10.1 Å². The van der Waals surface area contributed by atoms with Crippen LogP contribution in [0, 0.1) is 11.8 Å². The van der Waals surface area contributed by atoms with Crippen molar-refractivity contribution in [2.45, 2.75) is 49.7 Å². The van der Waals surface area contributed by atoms with Crippen LogP contribution < -0.4 is 11.0 Å². The molecule has 4 aromatic heterocycles. The van der Waals surface area contributed by atoms with E-state index in [4.69, 9.17) is 21.3 Å². The molecule has 4 aliphatic carbocycles. The molecule has 4 aromatic rings. The number of anilines is 2. The van der Waals surface area contributed by atoms with Crippen LogP contribution in [0.3, 0.4) is 0 Å². The highest BCUT2D eigenvalue weighted by Crippen LogP contribution is 2.61. The van der Waals surface area contributed by atoms with Crippen LogP contribution in [0.2, 0.25) is 5.02 Å². The van der Waals surface area contributed by atoms with Crippen LogP contribution in [-0.2, 0) is 17.3 Å². The third-order valence-electron chi connectivity index (χ3n) is 8.30. The molecule has 0 radical (unpaired) electrons. The van der Waals surface area contributed by atoms with Crippen LogP contribution in [0.4, 0.5) is 11.6 Å². The van der Waals surface area contributed by atoms with Crippen LogP contribution in [0.5, 0.6) is 0 Å². The first-order valence-electron chi connectivity index (χ1n) is 11.6. The number of nitrogens with zero attached hydrogens (tertiary/aromatic N) is 7. The average molecular weight is 481 g/mol. The van der Waals surface area contributed by atoms with Crippen molar-refractivity contribution < 1.29 is 4.74 Å². The fraction of sp³-hybridized carbons (Fsp3) is 0.522. The number of ether oxygens (including phenoxy) is 1. The summed E-state index contributed by atoms with van der Waals surface area (Å²) < 4.78 is 11.3. The summed E-state index contributed by atoms with van der Waals surface area (Å²) in [6.07, 6.45) is 11.2. The number of methoxy groups -OCH3 is 1. The molecule has 4 fully saturated rings. The van der Waals surface area contributed by atoms with Crippen molar-refractivity contribution in [3.05, 3.63) is 40.3 Å². The molecule has 0 aliphatic heterocycles. The van der Waals surface area contributed by atoms with Crippen molar-refractivity contribution in [2.75, 3.05) is 12.4 Å². The third-order valence-corrected chi connectivity index (χ3v) is 8.61. The fourth-order valence-corrected chi connectivity index (χ4v) is 7.47. The summed E-state index contributed by atoms with van der Waals surface area (Å²) in [5.41, 5.74) is 2.17. The molecule has 2 atom stereocenters. The summed E-state index contributed by atoms with van der Waals surface area (Å²) in [7, 11) is 3.62. The van der Waals surface area contributed by atoms with Crippen LogP contribution in [-0.4, -0.2) is 46.4 Å². The van der Waals surface area contributed by atoms with Gasteiger partial charge >= 0.3 is 5.69 Å². The molecule has 0 spiro atoms. The lowest BCUT2D eigenvalue weighted by atomic mass is 9.51. The minimum Gasteiger partial charge on any atom is -0.378 e. The molecule has 4 bridgehead atoms. The van der Waals surface area contributed by atoms with Crippen LogP contribution in [0.25, 0.3) is 16.8 Å². The van der Waals surface area contributed by atoms with Crippen molar-refractivity contribution in [2.24, 2.45) is 18.9 Å². The van der Waals surface area contributed by atoms with Crippen LogP contribution in [0.15, 0.2) is 29.6 Å². The number of hydrogen-bond donors (Lipinski definition) is 1. The summed E-state index contributed by atoms with van der Waals surface area (Å²) in [5.74, 6) is 1.53. The number of hydrogen-bond acceptors (Lipinski definition) is 7. The van der Waals surface area contributed by atoms with Crippen molar-refractivity contribution in [3.8, 4) is 0 Å². The van der Waals surface area contributed by atoms with Gasteiger partial charge in [0.25, 0.3) is 0 Å². The number of pyridine rings is 1. The van der Waals surface area contributed by atoms with Crippen LogP contribution >= 0.6 is 11.6 Å². The largest absolute Gasteiger partial charge is 0.378 e. The average Bonchev–Trinajstić information content (AvgIpc) is 3.35.